The van der Waals surface area contributed by atoms with Crippen molar-refractivity contribution in [1.82, 2.24) is 19.9 Å². The summed E-state index contributed by atoms with van der Waals surface area (Å²) in [4.78, 5) is 22.5. The van der Waals surface area contributed by atoms with E-state index in [1.807, 2.05) is 17.0 Å². The summed E-state index contributed by atoms with van der Waals surface area (Å²) < 4.78 is 11.8. The first kappa shape index (κ1) is 18.1. The first-order valence-corrected chi connectivity index (χ1v) is 10.5. The lowest BCUT2D eigenvalue weighted by atomic mass is 10.0. The third-order valence-corrected chi connectivity index (χ3v) is 6.44. The first-order valence-electron chi connectivity index (χ1n) is 8.89. The van der Waals surface area contributed by atoms with Crippen molar-refractivity contribution in [3.05, 3.63) is 21.8 Å². The zero-order valence-electron chi connectivity index (χ0n) is 14.4. The molecule has 0 radical (unpaired) electrons. The lowest BCUT2D eigenvalue weighted by Gasteiger charge is -2.38. The van der Waals surface area contributed by atoms with Gasteiger partial charge in [-0.25, -0.2) is 0 Å². The van der Waals surface area contributed by atoms with E-state index < -0.39 is 0 Å². The maximum absolute atomic E-state index is 12.9. The van der Waals surface area contributed by atoms with E-state index in [9.17, 15) is 4.79 Å². The third-order valence-electron chi connectivity index (χ3n) is 4.82. The summed E-state index contributed by atoms with van der Waals surface area (Å²) in [6, 6.07) is 3.83. The molecule has 0 bridgehead atoms. The highest BCUT2D eigenvalue weighted by Crippen LogP contribution is 2.30. The number of carbonyl (C=O) groups excluding carboxylic acids is 1. The van der Waals surface area contributed by atoms with Crippen LogP contribution in [-0.2, 0) is 16.1 Å². The molecule has 0 N–H and O–H groups in total. The number of hydrogen-bond donors (Lipinski definition) is 0. The maximum Gasteiger partial charge on any atom is 0.241 e. The minimum absolute atomic E-state index is 0.104. The van der Waals surface area contributed by atoms with E-state index in [-0.39, 0.29) is 11.9 Å². The van der Waals surface area contributed by atoms with E-state index in [0.717, 1.165) is 34.5 Å². The lowest BCUT2D eigenvalue weighted by molar-refractivity contribution is -0.142. The van der Waals surface area contributed by atoms with Crippen molar-refractivity contribution in [2.45, 2.75) is 31.8 Å². The molecule has 7 nitrogen and oxygen atoms in total. The van der Waals surface area contributed by atoms with Crippen LogP contribution in [0.15, 0.2) is 20.4 Å². The van der Waals surface area contributed by atoms with Gasteiger partial charge in [0.05, 0.1) is 34.5 Å². The predicted molar refractivity (Wildman–Crippen MR) is 101 cm³/mol. The number of nitrogens with zero attached hydrogens (tertiary/aromatic N) is 4. The smallest absolute Gasteiger partial charge is 0.241 e. The molecule has 4 rings (SSSR count). The van der Waals surface area contributed by atoms with Gasteiger partial charge in [-0.2, -0.15) is 4.98 Å². The number of piperidine rings is 1. The summed E-state index contributed by atoms with van der Waals surface area (Å²) in [5.41, 5.74) is 0. The van der Waals surface area contributed by atoms with Crippen molar-refractivity contribution >= 4 is 33.2 Å². The number of carbonyl (C=O) groups is 1. The van der Waals surface area contributed by atoms with Gasteiger partial charge in [0.1, 0.15) is 0 Å². The molecule has 1 unspecified atom stereocenters. The average molecular weight is 441 g/mol. The fraction of sp³-hybridized carbons (Fsp3) is 0.588. The van der Waals surface area contributed by atoms with Crippen LogP contribution in [0.5, 0.6) is 0 Å². The van der Waals surface area contributed by atoms with Gasteiger partial charge in [0.25, 0.3) is 0 Å². The molecular formula is C17H21BrN4O3S. The van der Waals surface area contributed by atoms with Gasteiger partial charge in [-0.1, -0.05) is 11.6 Å². The number of likely N-dealkylation sites (tertiary alicyclic amines) is 1. The van der Waals surface area contributed by atoms with Crippen molar-refractivity contribution < 1.29 is 14.1 Å². The Morgan fingerprint density at radius 1 is 1.27 bits per heavy atom. The molecule has 0 aromatic carbocycles. The second-order valence-corrected chi connectivity index (χ2v) is 9.00. The number of morpholine rings is 1. The summed E-state index contributed by atoms with van der Waals surface area (Å²) in [6.45, 7) is 4.01. The summed E-state index contributed by atoms with van der Waals surface area (Å²) in [5.74, 6) is 1.37. The van der Waals surface area contributed by atoms with Gasteiger partial charge in [0.15, 0.2) is 0 Å². The summed E-state index contributed by atoms with van der Waals surface area (Å²) >= 11 is 5.02. The predicted octanol–water partition coefficient (Wildman–Crippen LogP) is 2.77. The van der Waals surface area contributed by atoms with Crippen molar-refractivity contribution in [1.29, 1.82) is 0 Å². The number of hydrogen-bond acceptors (Lipinski definition) is 7. The standard InChI is InChI=1S/C17H21BrN4O3S/c18-14-5-4-13(26-14)16-19-15(25-20-16)11-22-6-2-1-3-12(22)17(23)21-7-9-24-10-8-21/h4-5,12H,1-3,6-11H2. The van der Waals surface area contributed by atoms with Crippen molar-refractivity contribution in [2.24, 2.45) is 0 Å². The summed E-state index contributed by atoms with van der Waals surface area (Å²) in [5, 5.41) is 4.09. The van der Waals surface area contributed by atoms with Crippen LogP contribution in [0.3, 0.4) is 0 Å². The van der Waals surface area contributed by atoms with Crippen molar-refractivity contribution in [3.8, 4) is 10.7 Å². The molecule has 1 amide bonds. The minimum atomic E-state index is -0.104. The molecule has 2 aromatic rings. The molecule has 9 heteroatoms. The van der Waals surface area contributed by atoms with Crippen molar-refractivity contribution in [2.75, 3.05) is 32.8 Å². The molecule has 2 aliphatic rings. The Labute approximate surface area is 164 Å². The second kappa shape index (κ2) is 8.16. The molecule has 140 valence electrons. The molecule has 0 spiro atoms. The Morgan fingerprint density at radius 2 is 2.12 bits per heavy atom. The second-order valence-electron chi connectivity index (χ2n) is 6.54. The van der Waals surface area contributed by atoms with Gasteiger partial charge < -0.3 is 14.2 Å². The Morgan fingerprint density at radius 3 is 2.88 bits per heavy atom. The molecular weight excluding hydrogens is 420 g/mol. The van der Waals surface area contributed by atoms with Gasteiger partial charge >= 0.3 is 0 Å². The zero-order valence-corrected chi connectivity index (χ0v) is 16.8. The Balaban J connectivity index is 1.45. The number of halogens is 1. The highest BCUT2D eigenvalue weighted by Gasteiger charge is 2.33. The van der Waals surface area contributed by atoms with Crippen LogP contribution in [0.2, 0.25) is 0 Å². The third kappa shape index (κ3) is 4.00. The van der Waals surface area contributed by atoms with Gasteiger partial charge in [-0.15, -0.1) is 11.3 Å². The van der Waals surface area contributed by atoms with E-state index in [1.165, 1.54) is 0 Å². The summed E-state index contributed by atoms with van der Waals surface area (Å²) in [7, 11) is 0. The fourth-order valence-electron chi connectivity index (χ4n) is 3.48. The largest absolute Gasteiger partial charge is 0.378 e. The number of aromatic nitrogens is 2. The molecule has 4 heterocycles. The topological polar surface area (TPSA) is 71.7 Å². The molecule has 1 atom stereocenters. The van der Waals surface area contributed by atoms with Gasteiger partial charge in [-0.05, 0) is 47.4 Å². The molecule has 0 aliphatic carbocycles. The summed E-state index contributed by atoms with van der Waals surface area (Å²) in [6.07, 6.45) is 3.05. The van der Waals surface area contributed by atoms with Crippen LogP contribution in [0.25, 0.3) is 10.7 Å². The Kier molecular flexibility index (Phi) is 5.68. The van der Waals surface area contributed by atoms with Gasteiger partial charge in [0.2, 0.25) is 17.6 Å². The minimum Gasteiger partial charge on any atom is -0.378 e. The maximum atomic E-state index is 12.9. The van der Waals surface area contributed by atoms with E-state index in [4.69, 9.17) is 9.26 Å². The SMILES string of the molecule is O=C(C1CCCCN1Cc1nc(-c2ccc(Br)s2)no1)N1CCOCC1. The highest BCUT2D eigenvalue weighted by atomic mass is 79.9. The molecule has 2 aliphatic heterocycles. The zero-order chi connectivity index (χ0) is 17.9. The van der Waals surface area contributed by atoms with E-state index in [0.29, 0.717) is 44.6 Å². The van der Waals surface area contributed by atoms with E-state index in [2.05, 4.69) is 31.0 Å². The molecule has 0 saturated carbocycles. The Hall–Kier alpha value is -1.29. The van der Waals surface area contributed by atoms with Gasteiger partial charge in [0, 0.05) is 13.1 Å². The van der Waals surface area contributed by atoms with Crippen LogP contribution in [0.1, 0.15) is 25.2 Å². The van der Waals surface area contributed by atoms with Crippen LogP contribution >= 0.6 is 27.3 Å². The number of ether oxygens (including phenoxy) is 1. The fourth-order valence-corrected chi connectivity index (χ4v) is 4.79. The normalized spacial score (nSPS) is 21.9. The van der Waals surface area contributed by atoms with E-state index in [1.54, 1.807) is 11.3 Å². The molecule has 2 aromatic heterocycles. The van der Waals surface area contributed by atoms with Crippen LogP contribution in [-0.4, -0.2) is 64.7 Å². The molecule has 2 saturated heterocycles. The van der Waals surface area contributed by atoms with Crippen LogP contribution in [0.4, 0.5) is 0 Å². The monoisotopic (exact) mass is 440 g/mol. The van der Waals surface area contributed by atoms with Crippen molar-refractivity contribution in [3.63, 3.8) is 0 Å². The Bertz CT molecular complexity index is 759. The number of rotatable bonds is 4. The quantitative estimate of drug-likeness (QED) is 0.727. The van der Waals surface area contributed by atoms with Crippen LogP contribution in [0, 0.1) is 0 Å². The average Bonchev–Trinajstić information content (AvgIpc) is 3.31. The van der Waals surface area contributed by atoms with Gasteiger partial charge in [-0.3, -0.25) is 9.69 Å². The molecule has 2 fully saturated rings. The molecule has 26 heavy (non-hydrogen) atoms. The van der Waals surface area contributed by atoms with Crippen LogP contribution < -0.4 is 0 Å². The lowest BCUT2D eigenvalue weighted by Crippen LogP contribution is -2.53. The van der Waals surface area contributed by atoms with E-state index >= 15 is 0 Å². The number of thiophene rings is 1. The number of amides is 1. The highest BCUT2D eigenvalue weighted by molar-refractivity contribution is 9.11. The first-order chi connectivity index (χ1) is 12.7.